The van der Waals surface area contributed by atoms with E-state index < -0.39 is 0 Å². The molecule has 0 saturated carbocycles. The molecule has 0 unspecified atom stereocenters. The summed E-state index contributed by atoms with van der Waals surface area (Å²) in [4.78, 5) is 5.91. The molecule has 0 spiro atoms. The van der Waals surface area contributed by atoms with Crippen LogP contribution in [0.3, 0.4) is 0 Å². The van der Waals surface area contributed by atoms with Crippen LogP contribution in [-0.4, -0.2) is 26.2 Å². The normalized spacial score (nSPS) is 16.5. The van der Waals surface area contributed by atoms with Gasteiger partial charge in [-0.3, -0.25) is 0 Å². The quantitative estimate of drug-likeness (QED) is 0.586. The second-order valence-corrected chi connectivity index (χ2v) is 8.22. The number of hydrogen-bond acceptors (Lipinski definition) is 4. The van der Waals surface area contributed by atoms with Crippen molar-refractivity contribution in [2.45, 2.75) is 24.2 Å². The van der Waals surface area contributed by atoms with Crippen molar-refractivity contribution < 1.29 is 0 Å². The fourth-order valence-corrected chi connectivity index (χ4v) is 4.08. The molecule has 1 N–H and O–H groups in total. The van der Waals surface area contributed by atoms with Gasteiger partial charge in [-0.1, -0.05) is 24.8 Å². The summed E-state index contributed by atoms with van der Waals surface area (Å²) in [6, 6.07) is 17.2. The zero-order chi connectivity index (χ0) is 20.1. The second kappa shape index (κ2) is 9.27. The SMILES string of the molecule is C=C(CC1=CCCC=C1)Nc1ccc(N2CCN(c3ccc(S)cc3)CC2)cc1. The maximum Gasteiger partial charge on any atom is 0.0383 e. The van der Waals surface area contributed by atoms with Crippen molar-refractivity contribution in [2.24, 2.45) is 0 Å². The molecule has 0 atom stereocenters. The molecule has 29 heavy (non-hydrogen) atoms. The van der Waals surface area contributed by atoms with E-state index in [1.54, 1.807) is 0 Å². The number of anilines is 3. The maximum atomic E-state index is 4.38. The standard InChI is InChI=1S/C25H29N3S/c1-20(19-21-5-3-2-4-6-21)26-22-7-9-23(10-8-22)27-15-17-28(18-16-27)24-11-13-25(29)14-12-24/h3,5-14,26,29H,1-2,4,15-19H2. The predicted molar refractivity (Wildman–Crippen MR) is 128 cm³/mol. The van der Waals surface area contributed by atoms with E-state index in [0.29, 0.717) is 0 Å². The Balaban J connectivity index is 1.29. The molecule has 1 aliphatic carbocycles. The minimum absolute atomic E-state index is 0.883. The van der Waals surface area contributed by atoms with Gasteiger partial charge in [0, 0.05) is 60.3 Å². The Labute approximate surface area is 179 Å². The van der Waals surface area contributed by atoms with Crippen LogP contribution in [-0.2, 0) is 0 Å². The summed E-state index contributed by atoms with van der Waals surface area (Å²) in [7, 11) is 0. The summed E-state index contributed by atoms with van der Waals surface area (Å²) in [5.74, 6) is 0. The number of thiol groups is 1. The summed E-state index contributed by atoms with van der Waals surface area (Å²) < 4.78 is 0. The highest BCUT2D eigenvalue weighted by Crippen LogP contribution is 2.24. The van der Waals surface area contributed by atoms with E-state index >= 15 is 0 Å². The maximum absolute atomic E-state index is 4.38. The lowest BCUT2D eigenvalue weighted by Gasteiger charge is -2.37. The van der Waals surface area contributed by atoms with E-state index in [0.717, 1.165) is 61.7 Å². The van der Waals surface area contributed by atoms with Crippen LogP contribution in [0.25, 0.3) is 0 Å². The molecule has 1 heterocycles. The summed E-state index contributed by atoms with van der Waals surface area (Å²) in [6.07, 6.45) is 9.94. The molecule has 4 rings (SSSR count). The van der Waals surface area contributed by atoms with Crippen molar-refractivity contribution in [3.8, 4) is 0 Å². The summed E-state index contributed by atoms with van der Waals surface area (Å²) in [5, 5.41) is 3.45. The van der Waals surface area contributed by atoms with E-state index in [1.807, 2.05) is 0 Å². The van der Waals surface area contributed by atoms with Gasteiger partial charge < -0.3 is 15.1 Å². The fourth-order valence-electron chi connectivity index (χ4n) is 3.94. The Hall–Kier alpha value is -2.59. The first kappa shape index (κ1) is 19.7. The van der Waals surface area contributed by atoms with Crippen molar-refractivity contribution in [3.63, 3.8) is 0 Å². The van der Waals surface area contributed by atoms with Gasteiger partial charge in [-0.25, -0.2) is 0 Å². The summed E-state index contributed by atoms with van der Waals surface area (Å²) >= 11 is 4.38. The molecule has 1 aliphatic heterocycles. The zero-order valence-electron chi connectivity index (χ0n) is 16.8. The number of nitrogens with zero attached hydrogens (tertiary/aromatic N) is 2. The van der Waals surface area contributed by atoms with Crippen LogP contribution in [0.4, 0.5) is 17.1 Å². The topological polar surface area (TPSA) is 18.5 Å². The summed E-state index contributed by atoms with van der Waals surface area (Å²) in [6.45, 7) is 8.32. The van der Waals surface area contributed by atoms with Crippen molar-refractivity contribution in [1.29, 1.82) is 0 Å². The molecular weight excluding hydrogens is 374 g/mol. The Morgan fingerprint density at radius 3 is 2.00 bits per heavy atom. The van der Waals surface area contributed by atoms with Gasteiger partial charge in [-0.15, -0.1) is 12.6 Å². The highest BCUT2D eigenvalue weighted by Gasteiger charge is 2.17. The zero-order valence-corrected chi connectivity index (χ0v) is 17.7. The molecule has 2 aromatic rings. The first-order chi connectivity index (χ1) is 14.2. The van der Waals surface area contributed by atoms with Gasteiger partial charge in [-0.05, 0) is 66.9 Å². The van der Waals surface area contributed by atoms with Crippen molar-refractivity contribution in [1.82, 2.24) is 0 Å². The number of rotatable bonds is 6. The van der Waals surface area contributed by atoms with E-state index in [-0.39, 0.29) is 0 Å². The van der Waals surface area contributed by atoms with Crippen molar-refractivity contribution >= 4 is 29.7 Å². The summed E-state index contributed by atoms with van der Waals surface area (Å²) in [5.41, 5.74) is 6.06. The van der Waals surface area contributed by atoms with Crippen molar-refractivity contribution in [2.75, 3.05) is 41.3 Å². The first-order valence-electron chi connectivity index (χ1n) is 10.4. The van der Waals surface area contributed by atoms with E-state index in [4.69, 9.17) is 0 Å². The lowest BCUT2D eigenvalue weighted by molar-refractivity contribution is 0.653. The lowest BCUT2D eigenvalue weighted by atomic mass is 10.0. The third-order valence-electron chi connectivity index (χ3n) is 5.54. The molecule has 150 valence electrons. The van der Waals surface area contributed by atoms with Gasteiger partial charge in [-0.2, -0.15) is 0 Å². The number of allylic oxidation sites excluding steroid dienone is 4. The number of hydrogen-bond donors (Lipinski definition) is 2. The monoisotopic (exact) mass is 403 g/mol. The minimum atomic E-state index is 0.883. The Kier molecular flexibility index (Phi) is 6.30. The van der Waals surface area contributed by atoms with Gasteiger partial charge in [0.25, 0.3) is 0 Å². The molecule has 0 aromatic heterocycles. The molecule has 0 radical (unpaired) electrons. The second-order valence-electron chi connectivity index (χ2n) is 7.70. The third kappa shape index (κ3) is 5.27. The molecule has 1 saturated heterocycles. The van der Waals surface area contributed by atoms with Crippen molar-refractivity contribution in [3.05, 3.63) is 84.6 Å². The third-order valence-corrected chi connectivity index (χ3v) is 5.84. The Morgan fingerprint density at radius 1 is 0.862 bits per heavy atom. The Bertz CT molecular complexity index is 889. The van der Waals surface area contributed by atoms with Crippen LogP contribution >= 0.6 is 12.6 Å². The molecular formula is C25H29N3S. The largest absolute Gasteiger partial charge is 0.368 e. The first-order valence-corrected chi connectivity index (χ1v) is 10.8. The van der Waals surface area contributed by atoms with Crippen LogP contribution in [0, 0.1) is 0 Å². The lowest BCUT2D eigenvalue weighted by Crippen LogP contribution is -2.46. The van der Waals surface area contributed by atoms with E-state index in [9.17, 15) is 0 Å². The van der Waals surface area contributed by atoms with Gasteiger partial charge in [0.1, 0.15) is 0 Å². The van der Waals surface area contributed by atoms with Crippen LogP contribution in [0.15, 0.2) is 89.5 Å². The minimum Gasteiger partial charge on any atom is -0.368 e. The average molecular weight is 404 g/mol. The molecule has 1 fully saturated rings. The van der Waals surface area contributed by atoms with Gasteiger partial charge in [0.2, 0.25) is 0 Å². The number of piperazine rings is 1. The van der Waals surface area contributed by atoms with Crippen LogP contribution in [0.5, 0.6) is 0 Å². The number of benzene rings is 2. The van der Waals surface area contributed by atoms with Crippen LogP contribution in [0.1, 0.15) is 19.3 Å². The molecule has 2 aliphatic rings. The van der Waals surface area contributed by atoms with E-state index in [2.05, 4.69) is 101 Å². The average Bonchev–Trinajstić information content (AvgIpc) is 2.76. The number of nitrogens with one attached hydrogen (secondary N) is 1. The fraction of sp³-hybridized carbons (Fsp3) is 0.280. The predicted octanol–water partition coefficient (Wildman–Crippen LogP) is 5.89. The van der Waals surface area contributed by atoms with Crippen LogP contribution < -0.4 is 15.1 Å². The molecule has 4 heteroatoms. The van der Waals surface area contributed by atoms with E-state index in [1.165, 1.54) is 16.9 Å². The van der Waals surface area contributed by atoms with Gasteiger partial charge in [0.15, 0.2) is 0 Å². The highest BCUT2D eigenvalue weighted by atomic mass is 32.1. The highest BCUT2D eigenvalue weighted by molar-refractivity contribution is 7.80. The molecule has 2 aromatic carbocycles. The smallest absolute Gasteiger partial charge is 0.0383 e. The molecule has 0 amide bonds. The molecule has 3 nitrogen and oxygen atoms in total. The van der Waals surface area contributed by atoms with Gasteiger partial charge in [0.05, 0.1) is 0 Å². The Morgan fingerprint density at radius 2 is 1.45 bits per heavy atom. The van der Waals surface area contributed by atoms with Gasteiger partial charge >= 0.3 is 0 Å². The van der Waals surface area contributed by atoms with Crippen LogP contribution in [0.2, 0.25) is 0 Å². The molecule has 0 bridgehead atoms.